The van der Waals surface area contributed by atoms with Crippen LogP contribution in [0.1, 0.15) is 35.3 Å². The van der Waals surface area contributed by atoms with Gasteiger partial charge in [-0.15, -0.1) is 0 Å². The average Bonchev–Trinajstić information content (AvgIpc) is 2.22. The van der Waals surface area contributed by atoms with Crippen molar-refractivity contribution < 1.29 is 17.6 Å². The van der Waals surface area contributed by atoms with Crippen LogP contribution in [0.25, 0.3) is 0 Å². The van der Waals surface area contributed by atoms with Crippen molar-refractivity contribution in [1.29, 1.82) is 0 Å². The van der Waals surface area contributed by atoms with Gasteiger partial charge in [-0.2, -0.15) is 0 Å². The largest absolute Gasteiger partial charge is 0.292 e. The first kappa shape index (κ1) is 14.8. The van der Waals surface area contributed by atoms with Crippen LogP contribution in [0.2, 0.25) is 0 Å². The highest BCUT2D eigenvalue weighted by molar-refractivity contribution is 7.92. The Labute approximate surface area is 107 Å². The summed E-state index contributed by atoms with van der Waals surface area (Å²) < 4.78 is 35.2. The van der Waals surface area contributed by atoms with E-state index in [0.29, 0.717) is 11.1 Å². The van der Waals surface area contributed by atoms with Crippen LogP contribution in [0.4, 0.5) is 4.39 Å². The van der Waals surface area contributed by atoms with Crippen LogP contribution >= 0.6 is 0 Å². The summed E-state index contributed by atoms with van der Waals surface area (Å²) in [6.07, 6.45) is 1.02. The molecule has 1 aromatic carbocycles. The zero-order chi connectivity index (χ0) is 14.3. The number of aryl methyl sites for hydroxylation is 2. The van der Waals surface area contributed by atoms with Gasteiger partial charge in [-0.25, -0.2) is 12.8 Å². The molecular weight excluding hydrogens is 255 g/mol. The smallest absolute Gasteiger partial charge is 0.183 e. The Kier molecular flexibility index (Phi) is 3.68. The molecule has 0 aromatic heterocycles. The van der Waals surface area contributed by atoms with Gasteiger partial charge in [0.25, 0.3) is 0 Å². The third-order valence-corrected chi connectivity index (χ3v) is 5.21. The molecular formula is C13H17FO3S. The fraction of sp³-hybridized carbons (Fsp3) is 0.462. The third-order valence-electron chi connectivity index (χ3n) is 3.17. The lowest BCUT2D eigenvalue weighted by atomic mass is 9.96. The molecule has 0 saturated heterocycles. The van der Waals surface area contributed by atoms with E-state index >= 15 is 0 Å². The van der Waals surface area contributed by atoms with E-state index in [1.165, 1.54) is 26.0 Å². The number of hydrogen-bond acceptors (Lipinski definition) is 3. The molecule has 0 aliphatic rings. The molecule has 0 amide bonds. The number of ketones is 1. The van der Waals surface area contributed by atoms with Gasteiger partial charge in [0.15, 0.2) is 15.6 Å². The van der Waals surface area contributed by atoms with Gasteiger partial charge < -0.3 is 0 Å². The molecule has 0 unspecified atom stereocenters. The molecule has 1 rings (SSSR count). The summed E-state index contributed by atoms with van der Waals surface area (Å²) in [7, 11) is -3.53. The SMILES string of the molecule is Cc1cc(C(=O)C(C)(C)S(C)(=O)=O)cc(C)c1F. The summed E-state index contributed by atoms with van der Waals surface area (Å²) in [5.41, 5.74) is 0.895. The molecule has 0 fully saturated rings. The number of carbonyl (C=O) groups is 1. The lowest BCUT2D eigenvalue weighted by molar-refractivity contribution is 0.0954. The van der Waals surface area contributed by atoms with Gasteiger partial charge in [0.2, 0.25) is 0 Å². The lowest BCUT2D eigenvalue weighted by Gasteiger charge is -2.21. The summed E-state index contributed by atoms with van der Waals surface area (Å²) in [6.45, 7) is 5.82. The number of Topliss-reactive ketones (excluding diaryl/α,β-unsaturated/α-hetero) is 1. The van der Waals surface area contributed by atoms with Crippen molar-refractivity contribution in [2.45, 2.75) is 32.4 Å². The van der Waals surface area contributed by atoms with E-state index in [-0.39, 0.29) is 11.4 Å². The Hall–Kier alpha value is -1.23. The van der Waals surface area contributed by atoms with Crippen molar-refractivity contribution >= 4 is 15.6 Å². The van der Waals surface area contributed by atoms with Gasteiger partial charge in [0, 0.05) is 11.8 Å². The normalized spacial score (nSPS) is 12.6. The number of carbonyl (C=O) groups excluding carboxylic acids is 1. The number of hydrogen-bond donors (Lipinski definition) is 0. The van der Waals surface area contributed by atoms with Gasteiger partial charge in [-0.1, -0.05) is 0 Å². The van der Waals surface area contributed by atoms with Crippen molar-refractivity contribution in [3.05, 3.63) is 34.6 Å². The van der Waals surface area contributed by atoms with Crippen molar-refractivity contribution in [2.24, 2.45) is 0 Å². The minimum absolute atomic E-state index is 0.224. The quantitative estimate of drug-likeness (QED) is 0.794. The van der Waals surface area contributed by atoms with Crippen molar-refractivity contribution in [3.8, 4) is 0 Å². The fourth-order valence-corrected chi connectivity index (χ4v) is 2.05. The molecule has 0 atom stereocenters. The second-order valence-corrected chi connectivity index (χ2v) is 7.60. The predicted octanol–water partition coefficient (Wildman–Crippen LogP) is 2.45. The van der Waals surface area contributed by atoms with Crippen molar-refractivity contribution in [1.82, 2.24) is 0 Å². The van der Waals surface area contributed by atoms with Crippen molar-refractivity contribution in [2.75, 3.05) is 6.26 Å². The molecule has 18 heavy (non-hydrogen) atoms. The molecule has 0 aliphatic heterocycles. The number of halogens is 1. The minimum Gasteiger partial charge on any atom is -0.292 e. The van der Waals surface area contributed by atoms with E-state index in [2.05, 4.69) is 0 Å². The molecule has 3 nitrogen and oxygen atoms in total. The van der Waals surface area contributed by atoms with Crippen LogP contribution in [0.15, 0.2) is 12.1 Å². The van der Waals surface area contributed by atoms with E-state index in [1.807, 2.05) is 0 Å². The first-order valence-electron chi connectivity index (χ1n) is 5.49. The maximum absolute atomic E-state index is 13.5. The Morgan fingerprint density at radius 3 is 1.89 bits per heavy atom. The zero-order valence-electron chi connectivity index (χ0n) is 11.2. The molecule has 0 spiro atoms. The summed E-state index contributed by atoms with van der Waals surface area (Å²) in [4.78, 5) is 12.2. The number of benzene rings is 1. The molecule has 0 aliphatic carbocycles. The van der Waals surface area contributed by atoms with E-state index in [0.717, 1.165) is 6.26 Å². The monoisotopic (exact) mass is 272 g/mol. The second kappa shape index (κ2) is 4.46. The fourth-order valence-electron chi connectivity index (χ4n) is 1.59. The van der Waals surface area contributed by atoms with Crippen molar-refractivity contribution in [3.63, 3.8) is 0 Å². The maximum Gasteiger partial charge on any atom is 0.183 e. The van der Waals surface area contributed by atoms with E-state index in [4.69, 9.17) is 0 Å². The highest BCUT2D eigenvalue weighted by Crippen LogP contribution is 2.24. The second-order valence-electron chi connectivity index (χ2n) is 5.04. The molecule has 5 heteroatoms. The molecule has 0 saturated carbocycles. The molecule has 100 valence electrons. The molecule has 0 bridgehead atoms. The highest BCUT2D eigenvalue weighted by Gasteiger charge is 2.39. The van der Waals surface area contributed by atoms with Gasteiger partial charge >= 0.3 is 0 Å². The first-order valence-corrected chi connectivity index (χ1v) is 7.38. The lowest BCUT2D eigenvalue weighted by Crippen LogP contribution is -2.40. The number of sulfone groups is 1. The van der Waals surface area contributed by atoms with Gasteiger partial charge in [0.1, 0.15) is 10.6 Å². The zero-order valence-corrected chi connectivity index (χ0v) is 12.0. The Morgan fingerprint density at radius 1 is 1.17 bits per heavy atom. The van der Waals surface area contributed by atoms with Crippen LogP contribution in [0, 0.1) is 19.7 Å². The third kappa shape index (κ3) is 2.46. The molecule has 1 aromatic rings. The summed E-state index contributed by atoms with van der Waals surface area (Å²) in [5, 5.41) is 0. The predicted molar refractivity (Wildman–Crippen MR) is 69.1 cm³/mol. The summed E-state index contributed by atoms with van der Waals surface area (Å²) in [6, 6.07) is 2.77. The first-order chi connectivity index (χ1) is 7.98. The topological polar surface area (TPSA) is 51.2 Å². The van der Waals surface area contributed by atoms with E-state index in [9.17, 15) is 17.6 Å². The average molecular weight is 272 g/mol. The van der Waals surface area contributed by atoms with Crippen LogP contribution < -0.4 is 0 Å². The maximum atomic E-state index is 13.5. The Morgan fingerprint density at radius 2 is 1.56 bits per heavy atom. The van der Waals surface area contributed by atoms with Crippen LogP contribution in [0.5, 0.6) is 0 Å². The Balaban J connectivity index is 3.38. The summed E-state index contributed by atoms with van der Waals surface area (Å²) in [5.74, 6) is -0.889. The van der Waals surface area contributed by atoms with E-state index in [1.54, 1.807) is 13.8 Å². The highest BCUT2D eigenvalue weighted by atomic mass is 32.2. The number of rotatable bonds is 3. The standard InChI is InChI=1S/C13H17FO3S/c1-8-6-10(7-9(2)11(8)14)12(15)13(3,4)18(5,16)17/h6-7H,1-5H3. The van der Waals surface area contributed by atoms with Crippen LogP contribution in [0.3, 0.4) is 0 Å². The van der Waals surface area contributed by atoms with Gasteiger partial charge in [-0.3, -0.25) is 4.79 Å². The summed E-state index contributed by atoms with van der Waals surface area (Å²) >= 11 is 0. The molecule has 0 heterocycles. The van der Waals surface area contributed by atoms with Gasteiger partial charge in [-0.05, 0) is 51.0 Å². The Bertz CT molecular complexity index is 578. The minimum atomic E-state index is -3.53. The molecule has 0 radical (unpaired) electrons. The van der Waals surface area contributed by atoms with E-state index < -0.39 is 20.4 Å². The van der Waals surface area contributed by atoms with Crippen LogP contribution in [-0.4, -0.2) is 25.2 Å². The van der Waals surface area contributed by atoms with Crippen LogP contribution in [-0.2, 0) is 9.84 Å². The molecule has 0 N–H and O–H groups in total. The van der Waals surface area contributed by atoms with Gasteiger partial charge in [0.05, 0.1) is 0 Å².